The number of alkyl halides is 3. The minimum Gasteiger partial charge on any atom is -0.313 e. The van der Waals surface area contributed by atoms with E-state index in [0.29, 0.717) is 11.4 Å². The highest BCUT2D eigenvalue weighted by atomic mass is 32.2. The van der Waals surface area contributed by atoms with E-state index in [-0.39, 0.29) is 12.1 Å². The maximum Gasteiger partial charge on any atom is 0.416 e. The van der Waals surface area contributed by atoms with Crippen molar-refractivity contribution in [1.29, 1.82) is 0 Å². The first-order valence-electron chi connectivity index (χ1n) is 6.13. The minimum absolute atomic E-state index is 0.231. The largest absolute Gasteiger partial charge is 0.416 e. The molecule has 2 aromatic rings. The van der Waals surface area contributed by atoms with Crippen molar-refractivity contribution in [3.05, 3.63) is 46.8 Å². The summed E-state index contributed by atoms with van der Waals surface area (Å²) in [5.74, 6) is 0. The first kappa shape index (κ1) is 15.4. The van der Waals surface area contributed by atoms with E-state index in [1.807, 2.05) is 24.4 Å². The van der Waals surface area contributed by atoms with Gasteiger partial charge in [-0.25, -0.2) is 0 Å². The molecule has 6 heteroatoms. The van der Waals surface area contributed by atoms with Crippen LogP contribution in [0.2, 0.25) is 0 Å². The quantitative estimate of drug-likeness (QED) is 0.830. The molecule has 0 saturated carbocycles. The van der Waals surface area contributed by atoms with Crippen LogP contribution >= 0.6 is 23.1 Å². The van der Waals surface area contributed by atoms with Gasteiger partial charge in [0, 0.05) is 11.4 Å². The fraction of sp³-hybridized carbons (Fsp3) is 0.286. The van der Waals surface area contributed by atoms with E-state index in [1.165, 1.54) is 29.2 Å². The average Bonchev–Trinajstić information content (AvgIpc) is 2.89. The van der Waals surface area contributed by atoms with Crippen LogP contribution in [0.15, 0.2) is 44.8 Å². The molecule has 0 saturated heterocycles. The van der Waals surface area contributed by atoms with E-state index < -0.39 is 11.7 Å². The van der Waals surface area contributed by atoms with E-state index in [0.717, 1.165) is 4.21 Å². The molecule has 1 heterocycles. The van der Waals surface area contributed by atoms with Crippen molar-refractivity contribution in [2.24, 2.45) is 0 Å². The molecule has 108 valence electrons. The molecular weight excluding hydrogens is 303 g/mol. The van der Waals surface area contributed by atoms with E-state index in [2.05, 4.69) is 5.32 Å². The Morgan fingerprint density at radius 2 is 2.05 bits per heavy atom. The van der Waals surface area contributed by atoms with Crippen LogP contribution in [0, 0.1) is 0 Å². The van der Waals surface area contributed by atoms with Crippen molar-refractivity contribution in [2.45, 2.75) is 28.7 Å². The Kier molecular flexibility index (Phi) is 5.12. The summed E-state index contributed by atoms with van der Waals surface area (Å²) in [4.78, 5) is 0.611. The van der Waals surface area contributed by atoms with Crippen LogP contribution in [-0.2, 0) is 12.7 Å². The van der Waals surface area contributed by atoms with Crippen LogP contribution in [0.25, 0.3) is 0 Å². The number of hydrogen-bond donors (Lipinski definition) is 1. The van der Waals surface area contributed by atoms with Gasteiger partial charge in [-0.1, -0.05) is 30.8 Å². The molecule has 2 rings (SSSR count). The molecule has 0 unspecified atom stereocenters. The lowest BCUT2D eigenvalue weighted by Gasteiger charge is -2.14. The SMILES string of the molecule is CCNCc1ccc(Sc2cccs2)cc1C(F)(F)F. The zero-order valence-electron chi connectivity index (χ0n) is 10.8. The van der Waals surface area contributed by atoms with Crippen molar-refractivity contribution in [3.8, 4) is 0 Å². The molecule has 1 aromatic heterocycles. The molecule has 0 radical (unpaired) electrons. The van der Waals surface area contributed by atoms with Crippen molar-refractivity contribution < 1.29 is 13.2 Å². The topological polar surface area (TPSA) is 12.0 Å². The molecule has 1 aromatic carbocycles. The second kappa shape index (κ2) is 6.65. The predicted molar refractivity (Wildman–Crippen MR) is 77.3 cm³/mol. The molecule has 20 heavy (non-hydrogen) atoms. The van der Waals surface area contributed by atoms with Crippen molar-refractivity contribution in [2.75, 3.05) is 6.54 Å². The first-order chi connectivity index (χ1) is 9.50. The van der Waals surface area contributed by atoms with Crippen LogP contribution in [0.5, 0.6) is 0 Å². The molecule has 0 atom stereocenters. The normalized spacial score (nSPS) is 11.8. The zero-order valence-corrected chi connectivity index (χ0v) is 12.5. The third kappa shape index (κ3) is 4.01. The Morgan fingerprint density at radius 3 is 2.65 bits per heavy atom. The Bertz CT molecular complexity index is 550. The maximum absolute atomic E-state index is 13.1. The van der Waals surface area contributed by atoms with E-state index >= 15 is 0 Å². The summed E-state index contributed by atoms with van der Waals surface area (Å²) in [5.41, 5.74) is -0.269. The van der Waals surface area contributed by atoms with Gasteiger partial charge < -0.3 is 5.32 Å². The summed E-state index contributed by atoms with van der Waals surface area (Å²) in [6, 6.07) is 8.32. The van der Waals surface area contributed by atoms with Gasteiger partial charge in [-0.05, 0) is 35.7 Å². The molecular formula is C14H14F3NS2. The van der Waals surface area contributed by atoms with Gasteiger partial charge in [-0.2, -0.15) is 13.2 Å². The minimum atomic E-state index is -4.32. The van der Waals surface area contributed by atoms with Crippen molar-refractivity contribution >= 4 is 23.1 Å². The zero-order chi connectivity index (χ0) is 14.6. The molecule has 0 bridgehead atoms. The van der Waals surface area contributed by atoms with Gasteiger partial charge in [0.25, 0.3) is 0 Å². The van der Waals surface area contributed by atoms with Crippen molar-refractivity contribution in [1.82, 2.24) is 5.32 Å². The molecule has 0 aliphatic carbocycles. The van der Waals surface area contributed by atoms with Gasteiger partial charge in [-0.3, -0.25) is 0 Å². The molecule has 1 nitrogen and oxygen atoms in total. The Labute approximate surface area is 124 Å². The van der Waals surface area contributed by atoms with Crippen LogP contribution in [0.4, 0.5) is 13.2 Å². The van der Waals surface area contributed by atoms with Gasteiger partial charge in [0.2, 0.25) is 0 Å². The van der Waals surface area contributed by atoms with Gasteiger partial charge in [0.1, 0.15) is 0 Å². The standard InChI is InChI=1S/C14H14F3NS2/c1-2-18-9-10-5-6-11(8-12(10)14(15,16)17)20-13-4-3-7-19-13/h3-8,18H,2,9H2,1H3. The highest BCUT2D eigenvalue weighted by Gasteiger charge is 2.33. The predicted octanol–water partition coefficient (Wildman–Crippen LogP) is 5.03. The number of benzene rings is 1. The maximum atomic E-state index is 13.1. The van der Waals surface area contributed by atoms with Gasteiger partial charge in [0.15, 0.2) is 0 Å². The molecule has 0 amide bonds. The van der Waals surface area contributed by atoms with E-state index in [1.54, 1.807) is 12.1 Å². The fourth-order valence-electron chi connectivity index (χ4n) is 1.73. The Balaban J connectivity index is 2.28. The molecule has 0 aliphatic heterocycles. The van der Waals surface area contributed by atoms with Gasteiger partial charge >= 0.3 is 6.18 Å². The second-order valence-corrected chi connectivity index (χ2v) is 6.45. The number of nitrogens with one attached hydrogen (secondary N) is 1. The van der Waals surface area contributed by atoms with Gasteiger partial charge in [-0.15, -0.1) is 11.3 Å². The summed E-state index contributed by atoms with van der Waals surface area (Å²) in [7, 11) is 0. The average molecular weight is 317 g/mol. The lowest BCUT2D eigenvalue weighted by molar-refractivity contribution is -0.138. The van der Waals surface area contributed by atoms with Crippen LogP contribution in [0.3, 0.4) is 0 Å². The summed E-state index contributed by atoms with van der Waals surface area (Å²) in [6.07, 6.45) is -4.32. The number of rotatable bonds is 5. The summed E-state index contributed by atoms with van der Waals surface area (Å²) >= 11 is 2.87. The third-order valence-electron chi connectivity index (χ3n) is 2.67. The smallest absolute Gasteiger partial charge is 0.313 e. The second-order valence-electron chi connectivity index (χ2n) is 4.13. The van der Waals surface area contributed by atoms with Crippen molar-refractivity contribution in [3.63, 3.8) is 0 Å². The number of halogens is 3. The molecule has 0 spiro atoms. The lowest BCUT2D eigenvalue weighted by atomic mass is 10.1. The monoisotopic (exact) mass is 317 g/mol. The summed E-state index contributed by atoms with van der Waals surface area (Å²) < 4.78 is 40.3. The van der Waals surface area contributed by atoms with E-state index in [4.69, 9.17) is 0 Å². The molecule has 0 aliphatic rings. The molecule has 1 N–H and O–H groups in total. The first-order valence-corrected chi connectivity index (χ1v) is 7.82. The highest BCUT2D eigenvalue weighted by molar-refractivity contribution is 8.01. The van der Waals surface area contributed by atoms with Crippen LogP contribution in [0.1, 0.15) is 18.1 Å². The highest BCUT2D eigenvalue weighted by Crippen LogP contribution is 2.37. The summed E-state index contributed by atoms with van der Waals surface area (Å²) in [6.45, 7) is 2.74. The third-order valence-corrected chi connectivity index (χ3v) is 4.69. The fourth-order valence-corrected chi connectivity index (χ4v) is 3.52. The molecule has 0 fully saturated rings. The lowest BCUT2D eigenvalue weighted by Crippen LogP contribution is -2.17. The van der Waals surface area contributed by atoms with E-state index in [9.17, 15) is 13.2 Å². The van der Waals surface area contributed by atoms with Crippen LogP contribution < -0.4 is 5.32 Å². The Morgan fingerprint density at radius 1 is 1.25 bits per heavy atom. The summed E-state index contributed by atoms with van der Waals surface area (Å²) in [5, 5.41) is 4.85. The van der Waals surface area contributed by atoms with Crippen LogP contribution in [-0.4, -0.2) is 6.54 Å². The Hall–Kier alpha value is -0.980. The van der Waals surface area contributed by atoms with Gasteiger partial charge in [0.05, 0.1) is 9.77 Å². The number of thiophene rings is 1. The number of hydrogen-bond acceptors (Lipinski definition) is 3.